The van der Waals surface area contributed by atoms with Crippen LogP contribution < -0.4 is 9.47 Å². The highest BCUT2D eigenvalue weighted by molar-refractivity contribution is 5.89. The van der Waals surface area contributed by atoms with E-state index in [0.717, 1.165) is 11.1 Å². The number of carboxylic acids is 2. The van der Waals surface area contributed by atoms with E-state index in [2.05, 4.69) is 9.97 Å². The van der Waals surface area contributed by atoms with E-state index in [1.807, 2.05) is 45.0 Å². The quantitative estimate of drug-likeness (QED) is 0.145. The Morgan fingerprint density at radius 2 is 1.09 bits per heavy atom. The van der Waals surface area contributed by atoms with E-state index in [9.17, 15) is 24.6 Å². The molecule has 4 aromatic rings. The minimum absolute atomic E-state index is 0.167. The third kappa shape index (κ3) is 10.0. The number of amides is 1. The van der Waals surface area contributed by atoms with Gasteiger partial charge in [-0.3, -0.25) is 9.97 Å². The van der Waals surface area contributed by atoms with E-state index in [4.69, 9.17) is 14.2 Å². The van der Waals surface area contributed by atoms with E-state index >= 15 is 0 Å². The molecule has 0 unspecified atom stereocenters. The Morgan fingerprint density at radius 3 is 1.46 bits per heavy atom. The molecule has 4 rings (SSSR count). The van der Waals surface area contributed by atoms with Crippen molar-refractivity contribution in [1.82, 2.24) is 14.9 Å². The van der Waals surface area contributed by atoms with Crippen LogP contribution in [0, 0.1) is 0 Å². The van der Waals surface area contributed by atoms with Gasteiger partial charge in [-0.25, -0.2) is 14.4 Å². The molecule has 2 heterocycles. The van der Waals surface area contributed by atoms with Crippen LogP contribution in [0.25, 0.3) is 22.5 Å². The van der Waals surface area contributed by atoms with Crippen LogP contribution >= 0.6 is 0 Å². The van der Waals surface area contributed by atoms with Gasteiger partial charge in [0, 0.05) is 36.6 Å². The number of pyridine rings is 2. The van der Waals surface area contributed by atoms with Crippen molar-refractivity contribution >= 4 is 18.0 Å². The Morgan fingerprint density at radius 1 is 0.674 bits per heavy atom. The number of carboxylic acid groups (broad SMARTS) is 2. The lowest BCUT2D eigenvalue weighted by atomic mass is 10.1. The molecule has 2 aromatic heterocycles. The predicted molar refractivity (Wildman–Crippen MR) is 171 cm³/mol. The second kappa shape index (κ2) is 15.5. The zero-order valence-corrected chi connectivity index (χ0v) is 26.0. The molecular formula is C35H37N3O8. The van der Waals surface area contributed by atoms with Crippen molar-refractivity contribution in [3.63, 3.8) is 0 Å². The molecule has 11 heteroatoms. The van der Waals surface area contributed by atoms with Crippen molar-refractivity contribution in [2.75, 3.05) is 26.3 Å². The number of ether oxygens (including phenoxy) is 3. The summed E-state index contributed by atoms with van der Waals surface area (Å²) in [6.07, 6.45) is 3.67. The van der Waals surface area contributed by atoms with Crippen molar-refractivity contribution < 1.29 is 38.8 Å². The van der Waals surface area contributed by atoms with Gasteiger partial charge in [0.05, 0.1) is 35.7 Å². The van der Waals surface area contributed by atoms with Crippen LogP contribution in [0.4, 0.5) is 4.79 Å². The van der Waals surface area contributed by atoms with Gasteiger partial charge in [-0.1, -0.05) is 0 Å². The summed E-state index contributed by atoms with van der Waals surface area (Å²) in [5.41, 5.74) is 2.35. The van der Waals surface area contributed by atoms with Gasteiger partial charge in [0.1, 0.15) is 17.1 Å². The van der Waals surface area contributed by atoms with Crippen molar-refractivity contribution in [3.8, 4) is 34.0 Å². The van der Waals surface area contributed by atoms with Crippen molar-refractivity contribution in [2.45, 2.75) is 39.2 Å². The summed E-state index contributed by atoms with van der Waals surface area (Å²) in [4.78, 5) is 45.5. The Labute approximate surface area is 267 Å². The van der Waals surface area contributed by atoms with Gasteiger partial charge >= 0.3 is 18.0 Å². The number of hydrogen-bond donors (Lipinski definition) is 2. The molecule has 0 aliphatic carbocycles. The summed E-state index contributed by atoms with van der Waals surface area (Å²) < 4.78 is 17.4. The first-order chi connectivity index (χ1) is 22.0. The fourth-order valence-corrected chi connectivity index (χ4v) is 4.40. The largest absolute Gasteiger partial charge is 0.494 e. The Bertz CT molecular complexity index is 1520. The van der Waals surface area contributed by atoms with Gasteiger partial charge in [0.2, 0.25) is 0 Å². The molecule has 46 heavy (non-hydrogen) atoms. The number of benzene rings is 2. The van der Waals surface area contributed by atoms with Crippen LogP contribution in [-0.4, -0.2) is 75.0 Å². The first kappa shape index (κ1) is 33.4. The molecule has 2 aromatic carbocycles. The fourth-order valence-electron chi connectivity index (χ4n) is 4.40. The van der Waals surface area contributed by atoms with Gasteiger partial charge in [-0.2, -0.15) is 0 Å². The first-order valence-corrected chi connectivity index (χ1v) is 14.8. The minimum atomic E-state index is -1.01. The van der Waals surface area contributed by atoms with Crippen LogP contribution in [0.3, 0.4) is 0 Å². The van der Waals surface area contributed by atoms with Crippen LogP contribution in [-0.2, 0) is 4.74 Å². The van der Waals surface area contributed by atoms with Gasteiger partial charge in [-0.05, 0) is 106 Å². The smallest absolute Gasteiger partial charge is 0.410 e. The van der Waals surface area contributed by atoms with E-state index in [-0.39, 0.29) is 11.1 Å². The molecule has 240 valence electrons. The number of carbonyl (C=O) groups excluding carboxylic acids is 1. The average Bonchev–Trinajstić information content (AvgIpc) is 3.03. The monoisotopic (exact) mass is 627 g/mol. The number of hydrogen-bond acceptors (Lipinski definition) is 8. The maximum Gasteiger partial charge on any atom is 0.410 e. The minimum Gasteiger partial charge on any atom is -0.494 e. The second-order valence-electron chi connectivity index (χ2n) is 11.4. The summed E-state index contributed by atoms with van der Waals surface area (Å²) in [5.74, 6) is -0.731. The standard InChI is InChI=1S/C35H37N3O8/c1-35(2,3)46-34(43)38(18-4-20-44-28-10-6-24(7-11-28)30-22-26(32(39)40)14-16-36-30)19-5-21-45-29-12-8-25(9-13-29)31-23-27(33(41)42)15-17-37-31/h6-17,22-23H,4-5,18-21H2,1-3H3,(H,39,40)(H,41,42). The highest BCUT2D eigenvalue weighted by Crippen LogP contribution is 2.23. The summed E-state index contributed by atoms with van der Waals surface area (Å²) in [5, 5.41) is 18.4. The van der Waals surface area contributed by atoms with E-state index in [1.165, 1.54) is 36.7 Å². The normalized spacial score (nSPS) is 11.0. The lowest BCUT2D eigenvalue weighted by Crippen LogP contribution is -2.38. The summed E-state index contributed by atoms with van der Waals surface area (Å²) in [6.45, 7) is 7.07. The van der Waals surface area contributed by atoms with Gasteiger partial charge in [0.15, 0.2) is 0 Å². The molecule has 0 aliphatic rings. The Kier molecular flexibility index (Phi) is 11.3. The molecule has 0 aliphatic heterocycles. The first-order valence-electron chi connectivity index (χ1n) is 14.8. The zero-order valence-electron chi connectivity index (χ0n) is 26.0. The number of nitrogens with zero attached hydrogens (tertiary/aromatic N) is 3. The topological polar surface area (TPSA) is 148 Å². The average molecular weight is 628 g/mol. The molecule has 11 nitrogen and oxygen atoms in total. The lowest BCUT2D eigenvalue weighted by Gasteiger charge is -2.27. The fraction of sp³-hybridized carbons (Fsp3) is 0.286. The van der Waals surface area contributed by atoms with Crippen LogP contribution in [0.15, 0.2) is 85.2 Å². The molecule has 0 bridgehead atoms. The zero-order chi connectivity index (χ0) is 33.1. The molecular weight excluding hydrogens is 590 g/mol. The molecule has 0 saturated carbocycles. The molecule has 2 N–H and O–H groups in total. The highest BCUT2D eigenvalue weighted by Gasteiger charge is 2.22. The van der Waals surface area contributed by atoms with Crippen molar-refractivity contribution in [2.24, 2.45) is 0 Å². The van der Waals surface area contributed by atoms with Crippen molar-refractivity contribution in [3.05, 3.63) is 96.3 Å². The number of aromatic carboxylic acids is 2. The number of aromatic nitrogens is 2. The summed E-state index contributed by atoms with van der Waals surface area (Å²) >= 11 is 0. The van der Waals surface area contributed by atoms with E-state index in [0.29, 0.717) is 62.0 Å². The second-order valence-corrected chi connectivity index (χ2v) is 11.4. The van der Waals surface area contributed by atoms with Crippen LogP contribution in [0.1, 0.15) is 54.3 Å². The SMILES string of the molecule is CC(C)(C)OC(=O)N(CCCOc1ccc(-c2cc(C(=O)O)ccn2)cc1)CCCOc1ccc(-c2cc(C(=O)O)ccn2)cc1. The molecule has 1 amide bonds. The van der Waals surface area contributed by atoms with Gasteiger partial charge < -0.3 is 29.3 Å². The number of carbonyl (C=O) groups is 3. The Hall–Kier alpha value is -5.45. The van der Waals surface area contributed by atoms with Crippen LogP contribution in [0.2, 0.25) is 0 Å². The maximum atomic E-state index is 12.9. The lowest BCUT2D eigenvalue weighted by molar-refractivity contribution is 0.0233. The van der Waals surface area contributed by atoms with E-state index in [1.54, 1.807) is 29.2 Å². The molecule has 0 atom stereocenters. The maximum absolute atomic E-state index is 12.9. The molecule has 0 radical (unpaired) electrons. The van der Waals surface area contributed by atoms with E-state index < -0.39 is 23.6 Å². The van der Waals surface area contributed by atoms with Gasteiger partial charge in [-0.15, -0.1) is 0 Å². The predicted octanol–water partition coefficient (Wildman–Crippen LogP) is 6.68. The number of rotatable bonds is 14. The molecule has 0 saturated heterocycles. The van der Waals surface area contributed by atoms with Crippen LogP contribution in [0.5, 0.6) is 11.5 Å². The molecule has 0 spiro atoms. The molecule has 0 fully saturated rings. The third-order valence-corrected chi connectivity index (χ3v) is 6.65. The van der Waals surface area contributed by atoms with Crippen molar-refractivity contribution in [1.29, 1.82) is 0 Å². The Balaban J connectivity index is 1.25. The summed E-state index contributed by atoms with van der Waals surface area (Å²) in [7, 11) is 0. The van der Waals surface area contributed by atoms with Gasteiger partial charge in [0.25, 0.3) is 0 Å². The summed E-state index contributed by atoms with van der Waals surface area (Å²) in [6, 6.07) is 20.4. The highest BCUT2D eigenvalue weighted by atomic mass is 16.6. The third-order valence-electron chi connectivity index (χ3n) is 6.65.